The molecule has 0 saturated heterocycles. The molecule has 0 fully saturated rings. The third-order valence-corrected chi connectivity index (χ3v) is 5.44. The van der Waals surface area contributed by atoms with Gasteiger partial charge in [0.2, 0.25) is 5.95 Å². The van der Waals surface area contributed by atoms with E-state index in [-0.39, 0.29) is 12.2 Å². The Morgan fingerprint density at radius 1 is 1.03 bits per heavy atom. The van der Waals surface area contributed by atoms with Crippen molar-refractivity contribution < 1.29 is 9.53 Å². The number of hydrogen-bond acceptors (Lipinski definition) is 7. The van der Waals surface area contributed by atoms with Crippen LogP contribution in [0.15, 0.2) is 65.7 Å². The van der Waals surface area contributed by atoms with Crippen molar-refractivity contribution in [1.29, 1.82) is 0 Å². The number of rotatable bonds is 8. The van der Waals surface area contributed by atoms with Crippen LogP contribution in [0.5, 0.6) is 0 Å². The SMILES string of the molecule is CCCc1nc2cccc(CN(C)c3ncc(C(=O)OCC)cn3)c2c(=O)n1-c1ccccc1. The Hall–Kier alpha value is -4.07. The first-order chi connectivity index (χ1) is 16.5. The maximum absolute atomic E-state index is 13.8. The molecule has 0 aliphatic heterocycles. The molecule has 34 heavy (non-hydrogen) atoms. The van der Waals surface area contributed by atoms with Gasteiger partial charge in [0.25, 0.3) is 5.56 Å². The molecule has 0 saturated carbocycles. The minimum Gasteiger partial charge on any atom is -0.462 e. The molecular weight excluding hydrogens is 430 g/mol. The van der Waals surface area contributed by atoms with Gasteiger partial charge in [-0.3, -0.25) is 9.36 Å². The molecule has 2 aromatic carbocycles. The monoisotopic (exact) mass is 457 g/mol. The van der Waals surface area contributed by atoms with Crippen molar-refractivity contribution >= 4 is 22.8 Å². The normalized spacial score (nSPS) is 10.9. The van der Waals surface area contributed by atoms with Crippen LogP contribution in [-0.4, -0.2) is 39.1 Å². The van der Waals surface area contributed by atoms with Crippen molar-refractivity contribution in [2.75, 3.05) is 18.6 Å². The largest absolute Gasteiger partial charge is 0.462 e. The predicted molar refractivity (Wildman–Crippen MR) is 131 cm³/mol. The average Bonchev–Trinajstić information content (AvgIpc) is 2.85. The van der Waals surface area contributed by atoms with E-state index in [1.54, 1.807) is 11.5 Å². The summed E-state index contributed by atoms with van der Waals surface area (Å²) in [5, 5.41) is 0.571. The molecule has 8 nitrogen and oxygen atoms in total. The zero-order valence-electron chi connectivity index (χ0n) is 19.6. The van der Waals surface area contributed by atoms with Crippen molar-refractivity contribution in [1.82, 2.24) is 19.5 Å². The number of carbonyl (C=O) groups excluding carboxylic acids is 1. The lowest BCUT2D eigenvalue weighted by atomic mass is 10.1. The van der Waals surface area contributed by atoms with Gasteiger partial charge in [0, 0.05) is 32.4 Å². The van der Waals surface area contributed by atoms with Crippen LogP contribution in [0.25, 0.3) is 16.6 Å². The van der Waals surface area contributed by atoms with Gasteiger partial charge in [-0.2, -0.15) is 0 Å². The first-order valence-corrected chi connectivity index (χ1v) is 11.3. The van der Waals surface area contributed by atoms with Gasteiger partial charge in [0.05, 0.1) is 28.8 Å². The fourth-order valence-electron chi connectivity index (χ4n) is 3.88. The number of para-hydroxylation sites is 1. The Morgan fingerprint density at radius 3 is 2.44 bits per heavy atom. The molecule has 0 amide bonds. The Balaban J connectivity index is 1.73. The van der Waals surface area contributed by atoms with E-state index in [9.17, 15) is 9.59 Å². The van der Waals surface area contributed by atoms with Gasteiger partial charge in [0.15, 0.2) is 0 Å². The number of anilines is 1. The molecule has 0 aliphatic rings. The minimum atomic E-state index is -0.457. The van der Waals surface area contributed by atoms with Gasteiger partial charge in [-0.05, 0) is 37.1 Å². The molecular formula is C26H27N5O3. The number of benzene rings is 2. The third kappa shape index (κ3) is 4.66. The molecule has 4 rings (SSSR count). The summed E-state index contributed by atoms with van der Waals surface area (Å²) in [5.74, 6) is 0.722. The molecule has 2 aromatic heterocycles. The highest BCUT2D eigenvalue weighted by Crippen LogP contribution is 2.20. The summed E-state index contributed by atoms with van der Waals surface area (Å²) in [7, 11) is 1.84. The third-order valence-electron chi connectivity index (χ3n) is 5.44. The Bertz CT molecular complexity index is 1350. The summed E-state index contributed by atoms with van der Waals surface area (Å²) in [6, 6.07) is 15.3. The van der Waals surface area contributed by atoms with E-state index in [0.717, 1.165) is 23.5 Å². The second-order valence-electron chi connectivity index (χ2n) is 7.91. The second kappa shape index (κ2) is 10.2. The van der Waals surface area contributed by atoms with Crippen molar-refractivity contribution in [3.63, 3.8) is 0 Å². The van der Waals surface area contributed by atoms with Gasteiger partial charge in [-0.25, -0.2) is 19.7 Å². The van der Waals surface area contributed by atoms with Crippen molar-refractivity contribution in [3.05, 3.63) is 88.2 Å². The molecule has 0 aliphatic carbocycles. The first kappa shape index (κ1) is 23.1. The summed E-state index contributed by atoms with van der Waals surface area (Å²) in [5.41, 5.74) is 2.49. The van der Waals surface area contributed by atoms with E-state index in [1.807, 2.05) is 60.5 Å². The van der Waals surface area contributed by atoms with Crippen LogP contribution in [0.2, 0.25) is 0 Å². The number of esters is 1. The summed E-state index contributed by atoms with van der Waals surface area (Å²) < 4.78 is 6.69. The molecule has 0 radical (unpaired) electrons. The molecule has 2 heterocycles. The molecule has 174 valence electrons. The van der Waals surface area contributed by atoms with Gasteiger partial charge in [0.1, 0.15) is 5.82 Å². The maximum atomic E-state index is 13.8. The molecule has 0 bridgehead atoms. The molecule has 0 unspecified atom stereocenters. The number of aromatic nitrogens is 4. The Kier molecular flexibility index (Phi) is 6.96. The number of carbonyl (C=O) groups is 1. The van der Waals surface area contributed by atoms with Crippen LogP contribution in [0.3, 0.4) is 0 Å². The highest BCUT2D eigenvalue weighted by molar-refractivity contribution is 5.88. The summed E-state index contributed by atoms with van der Waals surface area (Å²) in [6.45, 7) is 4.51. The standard InChI is InChI=1S/C26H27N5O3/c1-4-10-22-29-21-14-9-11-18(23(21)24(32)31(22)20-12-7-6-8-13-20)17-30(3)26-27-15-19(16-28-26)25(33)34-5-2/h6-9,11-16H,4-5,10,17H2,1-3H3. The Morgan fingerprint density at radius 2 is 1.76 bits per heavy atom. The summed E-state index contributed by atoms with van der Waals surface area (Å²) in [6.07, 6.45) is 4.47. The van der Waals surface area contributed by atoms with Gasteiger partial charge in [-0.15, -0.1) is 0 Å². The fraction of sp³-hybridized carbons (Fsp3) is 0.269. The summed E-state index contributed by atoms with van der Waals surface area (Å²) in [4.78, 5) is 40.9. The molecule has 8 heteroatoms. The zero-order chi connectivity index (χ0) is 24.1. The lowest BCUT2D eigenvalue weighted by Crippen LogP contribution is -2.26. The van der Waals surface area contributed by atoms with Crippen LogP contribution < -0.4 is 10.5 Å². The lowest BCUT2D eigenvalue weighted by Gasteiger charge is -2.19. The van der Waals surface area contributed by atoms with Crippen LogP contribution in [0, 0.1) is 0 Å². The topological polar surface area (TPSA) is 90.2 Å². The summed E-state index contributed by atoms with van der Waals surface area (Å²) >= 11 is 0. The minimum absolute atomic E-state index is 0.0952. The second-order valence-corrected chi connectivity index (χ2v) is 7.91. The van der Waals surface area contributed by atoms with Gasteiger partial charge < -0.3 is 9.64 Å². The number of ether oxygens (including phenoxy) is 1. The number of fused-ring (bicyclic) bond motifs is 1. The van der Waals surface area contributed by atoms with Crippen molar-refractivity contribution in [2.24, 2.45) is 0 Å². The quantitative estimate of drug-likeness (QED) is 0.370. The zero-order valence-corrected chi connectivity index (χ0v) is 19.6. The van der Waals surface area contributed by atoms with Crippen LogP contribution >= 0.6 is 0 Å². The lowest BCUT2D eigenvalue weighted by molar-refractivity contribution is 0.0525. The van der Waals surface area contributed by atoms with Crippen molar-refractivity contribution in [3.8, 4) is 5.69 Å². The number of hydrogen-bond donors (Lipinski definition) is 0. The molecule has 0 atom stereocenters. The first-order valence-electron chi connectivity index (χ1n) is 11.3. The van der Waals surface area contributed by atoms with Crippen molar-refractivity contribution in [2.45, 2.75) is 33.2 Å². The fourth-order valence-corrected chi connectivity index (χ4v) is 3.88. The molecule has 4 aromatic rings. The van der Waals surface area contributed by atoms with Gasteiger partial charge in [-0.1, -0.05) is 37.3 Å². The smallest absolute Gasteiger partial charge is 0.341 e. The predicted octanol–water partition coefficient (Wildman–Crippen LogP) is 3.94. The maximum Gasteiger partial charge on any atom is 0.341 e. The van der Waals surface area contributed by atoms with E-state index in [0.29, 0.717) is 35.4 Å². The number of nitrogens with zero attached hydrogens (tertiary/aromatic N) is 5. The van der Waals surface area contributed by atoms with Gasteiger partial charge >= 0.3 is 5.97 Å². The highest BCUT2D eigenvalue weighted by Gasteiger charge is 2.17. The van der Waals surface area contributed by atoms with Crippen LogP contribution in [0.1, 0.15) is 42.0 Å². The van der Waals surface area contributed by atoms with E-state index in [1.165, 1.54) is 12.4 Å². The highest BCUT2D eigenvalue weighted by atomic mass is 16.5. The van der Waals surface area contributed by atoms with E-state index >= 15 is 0 Å². The van der Waals surface area contributed by atoms with Crippen LogP contribution in [-0.2, 0) is 17.7 Å². The average molecular weight is 458 g/mol. The number of aryl methyl sites for hydroxylation is 1. The van der Waals surface area contributed by atoms with E-state index in [2.05, 4.69) is 16.9 Å². The molecule has 0 N–H and O–H groups in total. The Labute approximate surface area is 197 Å². The molecule has 0 spiro atoms. The van der Waals surface area contributed by atoms with E-state index < -0.39 is 5.97 Å². The van der Waals surface area contributed by atoms with Crippen LogP contribution in [0.4, 0.5) is 5.95 Å². The van der Waals surface area contributed by atoms with E-state index in [4.69, 9.17) is 9.72 Å².